The number of nitriles is 1. The van der Waals surface area contributed by atoms with E-state index in [2.05, 4.69) is 0 Å². The van der Waals surface area contributed by atoms with Crippen LogP contribution in [0.25, 0.3) is 0 Å². The minimum atomic E-state index is -0.727. The standard InChI is InChI=1S/C6H11NO2/c1-6(8-2,9-3)4-5-7/h4H2,1-3H3. The molecule has 0 saturated heterocycles. The maximum Gasteiger partial charge on any atom is 0.177 e. The molecule has 0 unspecified atom stereocenters. The van der Waals surface area contributed by atoms with Crippen LogP contribution >= 0.6 is 0 Å². The second-order valence-electron chi connectivity index (χ2n) is 1.88. The SMILES string of the molecule is COC(C)(CC#N)OC. The average Bonchev–Trinajstić information content (AvgIpc) is 1.89. The normalized spacial score (nSPS) is 10.9. The van der Waals surface area contributed by atoms with E-state index in [0.717, 1.165) is 0 Å². The van der Waals surface area contributed by atoms with Gasteiger partial charge in [-0.3, -0.25) is 0 Å². The molecule has 0 aromatic heterocycles. The third kappa shape index (κ3) is 2.45. The minimum Gasteiger partial charge on any atom is -0.352 e. The first-order chi connectivity index (χ1) is 4.18. The van der Waals surface area contributed by atoms with Gasteiger partial charge in [-0.05, 0) is 6.92 Å². The molecule has 52 valence electrons. The predicted octanol–water partition coefficient (Wildman–Crippen LogP) is 0.909. The first-order valence-electron chi connectivity index (χ1n) is 2.66. The Morgan fingerprint density at radius 1 is 1.44 bits per heavy atom. The predicted molar refractivity (Wildman–Crippen MR) is 32.7 cm³/mol. The number of hydrogen-bond acceptors (Lipinski definition) is 3. The Kier molecular flexibility index (Phi) is 3.21. The van der Waals surface area contributed by atoms with Crippen LogP contribution in [0.3, 0.4) is 0 Å². The topological polar surface area (TPSA) is 42.2 Å². The molecule has 0 atom stereocenters. The van der Waals surface area contributed by atoms with Gasteiger partial charge in [0.15, 0.2) is 5.79 Å². The van der Waals surface area contributed by atoms with Crippen LogP contribution in [-0.4, -0.2) is 20.0 Å². The van der Waals surface area contributed by atoms with Gasteiger partial charge in [-0.25, -0.2) is 0 Å². The minimum absolute atomic E-state index is 0.250. The van der Waals surface area contributed by atoms with E-state index in [4.69, 9.17) is 14.7 Å². The van der Waals surface area contributed by atoms with Gasteiger partial charge in [0.25, 0.3) is 0 Å². The monoisotopic (exact) mass is 129 g/mol. The van der Waals surface area contributed by atoms with Crippen LogP contribution in [0.4, 0.5) is 0 Å². The molecule has 0 aromatic rings. The number of ether oxygens (including phenoxy) is 2. The summed E-state index contributed by atoms with van der Waals surface area (Å²) in [6, 6.07) is 1.96. The van der Waals surface area contributed by atoms with Crippen LogP contribution in [0.2, 0.25) is 0 Å². The van der Waals surface area contributed by atoms with Crippen molar-refractivity contribution >= 4 is 0 Å². The van der Waals surface area contributed by atoms with E-state index in [1.165, 1.54) is 14.2 Å². The summed E-state index contributed by atoms with van der Waals surface area (Å²) in [6.07, 6.45) is 0.250. The molecule has 3 nitrogen and oxygen atoms in total. The first-order valence-corrected chi connectivity index (χ1v) is 2.66. The van der Waals surface area contributed by atoms with Crippen LogP contribution in [0.15, 0.2) is 0 Å². The van der Waals surface area contributed by atoms with E-state index >= 15 is 0 Å². The highest BCUT2D eigenvalue weighted by atomic mass is 16.7. The lowest BCUT2D eigenvalue weighted by molar-refractivity contribution is -0.189. The highest BCUT2D eigenvalue weighted by Gasteiger charge is 2.21. The number of hydrogen-bond donors (Lipinski definition) is 0. The Morgan fingerprint density at radius 3 is 2.00 bits per heavy atom. The molecule has 9 heavy (non-hydrogen) atoms. The molecule has 0 aliphatic heterocycles. The molecule has 0 heterocycles. The smallest absolute Gasteiger partial charge is 0.177 e. The summed E-state index contributed by atoms with van der Waals surface area (Å²) >= 11 is 0. The summed E-state index contributed by atoms with van der Waals surface area (Å²) in [4.78, 5) is 0. The maximum absolute atomic E-state index is 8.25. The quantitative estimate of drug-likeness (QED) is 0.532. The van der Waals surface area contributed by atoms with Gasteiger partial charge in [0.2, 0.25) is 0 Å². The zero-order valence-electron chi connectivity index (χ0n) is 5.97. The second kappa shape index (κ2) is 3.44. The first kappa shape index (κ1) is 8.41. The van der Waals surface area contributed by atoms with E-state index in [9.17, 15) is 0 Å². The molecule has 0 spiro atoms. The third-order valence-electron chi connectivity index (χ3n) is 1.26. The van der Waals surface area contributed by atoms with Crippen molar-refractivity contribution < 1.29 is 9.47 Å². The molecule has 0 rings (SSSR count). The highest BCUT2D eigenvalue weighted by molar-refractivity contribution is 4.79. The Bertz CT molecular complexity index is 113. The van der Waals surface area contributed by atoms with Gasteiger partial charge in [-0.2, -0.15) is 5.26 Å². The van der Waals surface area contributed by atoms with E-state index in [1.54, 1.807) is 6.92 Å². The van der Waals surface area contributed by atoms with E-state index in [0.29, 0.717) is 0 Å². The second-order valence-corrected chi connectivity index (χ2v) is 1.88. The summed E-state index contributed by atoms with van der Waals surface area (Å²) in [5, 5.41) is 8.25. The molecule has 0 aliphatic carbocycles. The fourth-order valence-electron chi connectivity index (χ4n) is 0.371. The van der Waals surface area contributed by atoms with Crippen LogP contribution < -0.4 is 0 Å². The molecule has 0 radical (unpaired) electrons. The molecule has 0 amide bonds. The van der Waals surface area contributed by atoms with Crippen LogP contribution in [-0.2, 0) is 9.47 Å². The van der Waals surface area contributed by atoms with Gasteiger partial charge < -0.3 is 9.47 Å². The van der Waals surface area contributed by atoms with E-state index in [-0.39, 0.29) is 6.42 Å². The average molecular weight is 129 g/mol. The molecule has 0 fully saturated rings. The van der Waals surface area contributed by atoms with Crippen molar-refractivity contribution in [2.24, 2.45) is 0 Å². The molecule has 0 bridgehead atoms. The molecule has 0 saturated carbocycles. The molecule has 0 aliphatic rings. The summed E-state index contributed by atoms with van der Waals surface area (Å²) in [5.41, 5.74) is 0. The van der Waals surface area contributed by atoms with Crippen molar-refractivity contribution in [3.8, 4) is 6.07 Å². The number of methoxy groups -OCH3 is 2. The van der Waals surface area contributed by atoms with Crippen molar-refractivity contribution in [3.05, 3.63) is 0 Å². The lowest BCUT2D eigenvalue weighted by Gasteiger charge is -2.22. The molecular formula is C6H11NO2. The fraction of sp³-hybridized carbons (Fsp3) is 0.833. The summed E-state index contributed by atoms with van der Waals surface area (Å²) in [5.74, 6) is -0.727. The van der Waals surface area contributed by atoms with Crippen LogP contribution in [0.5, 0.6) is 0 Å². The van der Waals surface area contributed by atoms with Crippen LogP contribution in [0.1, 0.15) is 13.3 Å². The lowest BCUT2D eigenvalue weighted by Crippen LogP contribution is -2.28. The van der Waals surface area contributed by atoms with Gasteiger partial charge in [-0.15, -0.1) is 0 Å². The zero-order chi connectivity index (χ0) is 7.33. The van der Waals surface area contributed by atoms with Crippen LogP contribution in [0, 0.1) is 11.3 Å². The van der Waals surface area contributed by atoms with Crippen molar-refractivity contribution in [1.29, 1.82) is 5.26 Å². The summed E-state index contributed by atoms with van der Waals surface area (Å²) in [7, 11) is 3.03. The molecule has 0 aromatic carbocycles. The Morgan fingerprint density at radius 2 is 1.89 bits per heavy atom. The van der Waals surface area contributed by atoms with Gasteiger partial charge in [0.1, 0.15) is 0 Å². The van der Waals surface area contributed by atoms with E-state index < -0.39 is 5.79 Å². The summed E-state index contributed by atoms with van der Waals surface area (Å²) < 4.78 is 9.77. The van der Waals surface area contributed by atoms with Gasteiger partial charge >= 0.3 is 0 Å². The number of nitrogens with zero attached hydrogens (tertiary/aromatic N) is 1. The highest BCUT2D eigenvalue weighted by Crippen LogP contribution is 2.12. The molecule has 3 heteroatoms. The summed E-state index contributed by atoms with van der Waals surface area (Å²) in [6.45, 7) is 1.72. The molecular weight excluding hydrogens is 118 g/mol. The lowest BCUT2D eigenvalue weighted by atomic mass is 10.2. The van der Waals surface area contributed by atoms with Gasteiger partial charge in [-0.1, -0.05) is 0 Å². The van der Waals surface area contributed by atoms with E-state index in [1.807, 2.05) is 6.07 Å². The van der Waals surface area contributed by atoms with Crippen molar-refractivity contribution in [1.82, 2.24) is 0 Å². The zero-order valence-corrected chi connectivity index (χ0v) is 5.97. The Labute approximate surface area is 55.2 Å². The van der Waals surface area contributed by atoms with Gasteiger partial charge in [0, 0.05) is 14.2 Å². The maximum atomic E-state index is 8.25. The largest absolute Gasteiger partial charge is 0.352 e. The van der Waals surface area contributed by atoms with Crippen molar-refractivity contribution in [2.45, 2.75) is 19.1 Å². The molecule has 0 N–H and O–H groups in total. The Hall–Kier alpha value is -0.590. The number of rotatable bonds is 3. The van der Waals surface area contributed by atoms with Crippen molar-refractivity contribution in [2.75, 3.05) is 14.2 Å². The van der Waals surface area contributed by atoms with Gasteiger partial charge in [0.05, 0.1) is 12.5 Å². The third-order valence-corrected chi connectivity index (χ3v) is 1.26. The fourth-order valence-corrected chi connectivity index (χ4v) is 0.371. The van der Waals surface area contributed by atoms with Crippen molar-refractivity contribution in [3.63, 3.8) is 0 Å². The Balaban J connectivity index is 3.80.